The van der Waals surface area contributed by atoms with Crippen LogP contribution in [0.3, 0.4) is 0 Å². The van der Waals surface area contributed by atoms with E-state index in [4.69, 9.17) is 23.8 Å². The summed E-state index contributed by atoms with van der Waals surface area (Å²) in [6.07, 6.45) is 0. The number of anilines is 1. The molecule has 0 saturated carbocycles. The highest BCUT2D eigenvalue weighted by Crippen LogP contribution is 2.21. The summed E-state index contributed by atoms with van der Waals surface area (Å²) in [5.74, 6) is 0. The zero-order valence-corrected chi connectivity index (χ0v) is 14.9. The van der Waals surface area contributed by atoms with Crippen LogP contribution in [-0.2, 0) is 0 Å². The van der Waals surface area contributed by atoms with E-state index >= 15 is 0 Å². The summed E-state index contributed by atoms with van der Waals surface area (Å²) in [6, 6.07) is 12.4. The summed E-state index contributed by atoms with van der Waals surface area (Å²) < 4.78 is 0. The zero-order chi connectivity index (χ0) is 16.3. The number of halogens is 1. The van der Waals surface area contributed by atoms with Crippen molar-refractivity contribution in [2.75, 3.05) is 5.32 Å². The van der Waals surface area contributed by atoms with Crippen LogP contribution < -0.4 is 10.6 Å². The topological polar surface area (TPSA) is 24.1 Å². The van der Waals surface area contributed by atoms with Crippen LogP contribution >= 0.6 is 23.8 Å². The van der Waals surface area contributed by atoms with Gasteiger partial charge in [0.1, 0.15) is 0 Å². The minimum Gasteiger partial charge on any atom is -0.356 e. The summed E-state index contributed by atoms with van der Waals surface area (Å²) in [6.45, 7) is 8.30. The zero-order valence-electron chi connectivity index (χ0n) is 13.3. The average Bonchev–Trinajstić information content (AvgIpc) is 2.45. The number of nitrogens with one attached hydrogen (secondary N) is 2. The molecule has 0 unspecified atom stereocenters. The summed E-state index contributed by atoms with van der Waals surface area (Å²) in [5, 5.41) is 7.83. The Morgan fingerprint density at radius 1 is 1.05 bits per heavy atom. The van der Waals surface area contributed by atoms with E-state index in [2.05, 4.69) is 49.6 Å². The lowest BCUT2D eigenvalue weighted by Crippen LogP contribution is -2.31. The molecular formula is C18H21ClN2S. The van der Waals surface area contributed by atoms with E-state index in [1.54, 1.807) is 0 Å². The van der Waals surface area contributed by atoms with Crippen molar-refractivity contribution >= 4 is 34.6 Å². The van der Waals surface area contributed by atoms with Gasteiger partial charge in [0, 0.05) is 10.7 Å². The van der Waals surface area contributed by atoms with E-state index in [0.717, 1.165) is 16.3 Å². The highest BCUT2D eigenvalue weighted by molar-refractivity contribution is 7.80. The van der Waals surface area contributed by atoms with E-state index < -0.39 is 0 Å². The minimum absolute atomic E-state index is 0.140. The fraction of sp³-hybridized carbons (Fsp3) is 0.278. The summed E-state index contributed by atoms with van der Waals surface area (Å²) >= 11 is 11.5. The van der Waals surface area contributed by atoms with Crippen molar-refractivity contribution in [1.29, 1.82) is 0 Å². The van der Waals surface area contributed by atoms with E-state index in [9.17, 15) is 0 Å². The minimum atomic E-state index is 0.140. The molecule has 0 aliphatic heterocycles. The van der Waals surface area contributed by atoms with Gasteiger partial charge in [0.05, 0.1) is 6.04 Å². The van der Waals surface area contributed by atoms with Crippen LogP contribution in [-0.4, -0.2) is 5.11 Å². The lowest BCUT2D eigenvalue weighted by Gasteiger charge is -2.20. The Balaban J connectivity index is 2.05. The van der Waals surface area contributed by atoms with Crippen LogP contribution in [0, 0.1) is 20.8 Å². The molecule has 0 heterocycles. The number of thiocarbonyl (C=S) groups is 1. The van der Waals surface area contributed by atoms with Crippen LogP contribution in [0.5, 0.6) is 0 Å². The number of rotatable bonds is 3. The van der Waals surface area contributed by atoms with Crippen LogP contribution in [0.2, 0.25) is 5.02 Å². The molecule has 0 bridgehead atoms. The van der Waals surface area contributed by atoms with Crippen LogP contribution in [0.4, 0.5) is 5.69 Å². The molecule has 0 amide bonds. The van der Waals surface area contributed by atoms with Gasteiger partial charge >= 0.3 is 0 Å². The van der Waals surface area contributed by atoms with Crippen LogP contribution in [0.1, 0.15) is 35.2 Å². The molecule has 0 fully saturated rings. The number of hydrogen-bond donors (Lipinski definition) is 2. The average molecular weight is 333 g/mol. The summed E-state index contributed by atoms with van der Waals surface area (Å²) in [4.78, 5) is 0. The summed E-state index contributed by atoms with van der Waals surface area (Å²) in [7, 11) is 0. The first-order valence-corrected chi connectivity index (χ1v) is 8.06. The fourth-order valence-corrected chi connectivity index (χ4v) is 2.81. The molecule has 22 heavy (non-hydrogen) atoms. The molecule has 2 nitrogen and oxygen atoms in total. The smallest absolute Gasteiger partial charge is 0.171 e. The first kappa shape index (κ1) is 16.8. The van der Waals surface area contributed by atoms with Gasteiger partial charge in [0.15, 0.2) is 5.11 Å². The molecule has 0 saturated heterocycles. The van der Waals surface area contributed by atoms with Gasteiger partial charge in [-0.1, -0.05) is 41.4 Å². The molecular weight excluding hydrogens is 312 g/mol. The van der Waals surface area contributed by atoms with Crippen LogP contribution in [0.15, 0.2) is 36.4 Å². The van der Waals surface area contributed by atoms with Gasteiger partial charge in [-0.05, 0) is 68.7 Å². The number of aryl methyl sites for hydroxylation is 3. The molecule has 2 rings (SSSR count). The molecule has 2 N–H and O–H groups in total. The molecule has 4 heteroatoms. The fourth-order valence-electron chi connectivity index (χ4n) is 2.34. The van der Waals surface area contributed by atoms with Crippen molar-refractivity contribution in [1.82, 2.24) is 5.32 Å². The van der Waals surface area contributed by atoms with Crippen molar-refractivity contribution in [3.05, 3.63) is 63.7 Å². The van der Waals surface area contributed by atoms with Crippen LogP contribution in [0.25, 0.3) is 0 Å². The van der Waals surface area contributed by atoms with E-state index in [1.807, 2.05) is 25.1 Å². The summed E-state index contributed by atoms with van der Waals surface area (Å²) in [5.41, 5.74) is 5.70. The second-order valence-electron chi connectivity index (χ2n) is 5.64. The van der Waals surface area contributed by atoms with Gasteiger partial charge in [-0.15, -0.1) is 0 Å². The second-order valence-corrected chi connectivity index (χ2v) is 6.46. The Morgan fingerprint density at radius 2 is 1.73 bits per heavy atom. The monoisotopic (exact) mass is 332 g/mol. The first-order chi connectivity index (χ1) is 10.4. The third-order valence-electron chi connectivity index (χ3n) is 3.68. The highest BCUT2D eigenvalue weighted by Gasteiger charge is 2.10. The lowest BCUT2D eigenvalue weighted by atomic mass is 10.0. The first-order valence-electron chi connectivity index (χ1n) is 7.27. The molecule has 0 aliphatic carbocycles. The molecule has 0 radical (unpaired) electrons. The standard InChI is InChI=1S/C18H21ClN2S/c1-11-5-6-12(2)16(9-11)14(4)20-18(22)21-15-8-7-13(3)17(19)10-15/h5-10,14H,1-4H3,(H2,20,21,22)/t14-/m0/s1. The normalized spacial score (nSPS) is 11.9. The van der Waals surface area contributed by atoms with Crippen molar-refractivity contribution in [3.63, 3.8) is 0 Å². The molecule has 0 aliphatic rings. The molecule has 0 spiro atoms. The lowest BCUT2D eigenvalue weighted by molar-refractivity contribution is 0.716. The number of benzene rings is 2. The van der Waals surface area contributed by atoms with Gasteiger partial charge in [0.2, 0.25) is 0 Å². The molecule has 2 aromatic rings. The predicted molar refractivity (Wildman–Crippen MR) is 99.9 cm³/mol. The van der Waals surface area contributed by atoms with Crippen molar-refractivity contribution in [2.45, 2.75) is 33.7 Å². The maximum absolute atomic E-state index is 6.13. The Morgan fingerprint density at radius 3 is 2.41 bits per heavy atom. The third-order valence-corrected chi connectivity index (χ3v) is 4.31. The molecule has 2 aromatic carbocycles. The number of hydrogen-bond acceptors (Lipinski definition) is 1. The van der Waals surface area contributed by atoms with E-state index in [0.29, 0.717) is 5.11 Å². The molecule has 1 atom stereocenters. The Kier molecular flexibility index (Phi) is 5.43. The van der Waals surface area contributed by atoms with Gasteiger partial charge in [-0.2, -0.15) is 0 Å². The Hall–Kier alpha value is -1.58. The van der Waals surface area contributed by atoms with Gasteiger partial charge < -0.3 is 10.6 Å². The van der Waals surface area contributed by atoms with Gasteiger partial charge in [0.25, 0.3) is 0 Å². The van der Waals surface area contributed by atoms with E-state index in [-0.39, 0.29) is 6.04 Å². The van der Waals surface area contributed by atoms with Gasteiger partial charge in [-0.25, -0.2) is 0 Å². The van der Waals surface area contributed by atoms with Gasteiger partial charge in [-0.3, -0.25) is 0 Å². The predicted octanol–water partition coefficient (Wildman–Crippen LogP) is 5.31. The maximum atomic E-state index is 6.13. The Bertz CT molecular complexity index is 697. The van der Waals surface area contributed by atoms with Crippen molar-refractivity contribution < 1.29 is 0 Å². The third kappa shape index (κ3) is 4.21. The SMILES string of the molecule is Cc1ccc(C)c([C@H](C)NC(=S)Nc2ccc(C)c(Cl)c2)c1. The molecule has 116 valence electrons. The largest absolute Gasteiger partial charge is 0.356 e. The van der Waals surface area contributed by atoms with E-state index in [1.165, 1.54) is 16.7 Å². The Labute approximate surface area is 142 Å². The van der Waals surface area contributed by atoms with Crippen molar-refractivity contribution in [3.8, 4) is 0 Å². The maximum Gasteiger partial charge on any atom is 0.171 e. The highest BCUT2D eigenvalue weighted by atomic mass is 35.5. The van der Waals surface area contributed by atoms with Crippen molar-refractivity contribution in [2.24, 2.45) is 0 Å². The molecule has 0 aromatic heterocycles. The quantitative estimate of drug-likeness (QED) is 0.744. The second kappa shape index (κ2) is 7.12.